The molecule has 3 rings (SSSR count). The number of nitrogens with one attached hydrogen (secondary N) is 1. The smallest absolute Gasteiger partial charge is 0.325 e. The topological polar surface area (TPSA) is 86.1 Å². The molecular weight excluding hydrogens is 320 g/mol. The lowest BCUT2D eigenvalue weighted by Gasteiger charge is -2.19. The number of aryl methyl sites for hydroxylation is 2. The summed E-state index contributed by atoms with van der Waals surface area (Å²) in [6.07, 6.45) is 2.18. The van der Waals surface area contributed by atoms with Crippen LogP contribution in [0.3, 0.4) is 0 Å². The number of hydrogen-bond acceptors (Lipinski definition) is 5. The summed E-state index contributed by atoms with van der Waals surface area (Å²) in [6, 6.07) is 1.83. The maximum absolute atomic E-state index is 12.7. The summed E-state index contributed by atoms with van der Waals surface area (Å²) < 4.78 is 6.92. The van der Waals surface area contributed by atoms with Crippen LogP contribution in [0.15, 0.2) is 6.07 Å². The Morgan fingerprint density at radius 1 is 1.36 bits per heavy atom. The molecule has 1 fully saturated rings. The van der Waals surface area contributed by atoms with Gasteiger partial charge in [-0.1, -0.05) is 0 Å². The molecule has 7 heteroatoms. The average molecular weight is 344 g/mol. The first-order valence-corrected chi connectivity index (χ1v) is 8.50. The highest BCUT2D eigenvalue weighted by Crippen LogP contribution is 2.40. The number of pyridine rings is 1. The Kier molecular flexibility index (Phi) is 4.26. The Hall–Kier alpha value is -2.44. The fraction of sp³-hybridized carbons (Fsp3) is 0.556. The monoisotopic (exact) mass is 344 g/mol. The normalized spacial score (nSPS) is 14.6. The molecular formula is C18H24N4O3. The molecule has 0 unspecified atom stereocenters. The number of carbonyl (C=O) groups excluding carboxylic acids is 2. The molecule has 1 aliphatic rings. The molecule has 0 saturated heterocycles. The molecule has 2 aromatic rings. The first-order valence-electron chi connectivity index (χ1n) is 8.50. The van der Waals surface area contributed by atoms with E-state index in [0.29, 0.717) is 17.1 Å². The number of hydrogen-bond donors (Lipinski definition) is 1. The van der Waals surface area contributed by atoms with Gasteiger partial charge in [-0.2, -0.15) is 5.10 Å². The molecule has 0 aromatic carbocycles. The van der Waals surface area contributed by atoms with Crippen molar-refractivity contribution in [1.29, 1.82) is 0 Å². The number of carbonyl (C=O) groups is 2. The molecule has 2 heterocycles. The van der Waals surface area contributed by atoms with Gasteiger partial charge in [0.15, 0.2) is 5.65 Å². The molecule has 134 valence electrons. The van der Waals surface area contributed by atoms with Crippen LogP contribution in [-0.2, 0) is 16.6 Å². The van der Waals surface area contributed by atoms with Gasteiger partial charge in [-0.05, 0) is 46.6 Å². The zero-order valence-corrected chi connectivity index (χ0v) is 15.3. The highest BCUT2D eigenvalue weighted by atomic mass is 16.6. The standard InChI is InChI=1S/C18H24N4O3/c1-10-15-12(17(24)19-9-14(23)25-18(2,3)4)8-13(11-6-7-11)20-16(15)22(5)21-10/h8,11H,6-7,9H2,1-5H3,(H,19,24). The summed E-state index contributed by atoms with van der Waals surface area (Å²) in [5.74, 6) is -0.357. The SMILES string of the molecule is Cc1nn(C)c2nc(C3CC3)cc(C(=O)NCC(=O)OC(C)(C)C)c12. The largest absolute Gasteiger partial charge is 0.459 e. The van der Waals surface area contributed by atoms with Crippen LogP contribution < -0.4 is 5.32 Å². The molecule has 25 heavy (non-hydrogen) atoms. The van der Waals surface area contributed by atoms with E-state index in [1.807, 2.05) is 20.0 Å². The Bertz CT molecular complexity index is 844. The maximum atomic E-state index is 12.7. The highest BCUT2D eigenvalue weighted by molar-refractivity contribution is 6.07. The van der Waals surface area contributed by atoms with Crippen LogP contribution in [-0.4, -0.2) is 38.8 Å². The van der Waals surface area contributed by atoms with Crippen molar-refractivity contribution < 1.29 is 14.3 Å². The molecule has 0 aliphatic heterocycles. The minimum Gasteiger partial charge on any atom is -0.459 e. The van der Waals surface area contributed by atoms with Crippen molar-refractivity contribution in [2.24, 2.45) is 7.05 Å². The second kappa shape index (κ2) is 6.13. The zero-order valence-electron chi connectivity index (χ0n) is 15.3. The number of aromatic nitrogens is 3. The van der Waals surface area contributed by atoms with E-state index in [4.69, 9.17) is 4.74 Å². The van der Waals surface area contributed by atoms with E-state index in [1.54, 1.807) is 25.5 Å². The van der Waals surface area contributed by atoms with E-state index in [-0.39, 0.29) is 12.5 Å². The van der Waals surface area contributed by atoms with Gasteiger partial charge in [-0.25, -0.2) is 4.98 Å². The number of amides is 1. The van der Waals surface area contributed by atoms with E-state index in [1.165, 1.54) is 0 Å². The summed E-state index contributed by atoms with van der Waals surface area (Å²) in [6.45, 7) is 7.06. The van der Waals surface area contributed by atoms with Gasteiger partial charge in [0.2, 0.25) is 0 Å². The molecule has 1 aliphatic carbocycles. The number of rotatable bonds is 4. The van der Waals surface area contributed by atoms with Crippen LogP contribution in [0.5, 0.6) is 0 Å². The zero-order chi connectivity index (χ0) is 18.4. The van der Waals surface area contributed by atoms with Crippen molar-refractivity contribution >= 4 is 22.9 Å². The Morgan fingerprint density at radius 3 is 2.64 bits per heavy atom. The van der Waals surface area contributed by atoms with Crippen LogP contribution >= 0.6 is 0 Å². The second-order valence-corrected chi connectivity index (χ2v) is 7.55. The van der Waals surface area contributed by atoms with Crippen molar-refractivity contribution in [3.05, 3.63) is 23.0 Å². The summed E-state index contributed by atoms with van der Waals surface area (Å²) in [7, 11) is 1.82. The first kappa shape index (κ1) is 17.4. The number of nitrogens with zero attached hydrogens (tertiary/aromatic N) is 3. The molecule has 0 bridgehead atoms. The van der Waals surface area contributed by atoms with Gasteiger partial charge in [0.1, 0.15) is 12.1 Å². The molecule has 0 atom stereocenters. The Labute approximate surface area is 146 Å². The minimum absolute atomic E-state index is 0.169. The lowest BCUT2D eigenvalue weighted by atomic mass is 10.1. The third-order valence-electron chi connectivity index (χ3n) is 4.04. The second-order valence-electron chi connectivity index (χ2n) is 7.55. The van der Waals surface area contributed by atoms with Crippen LogP contribution in [0.4, 0.5) is 0 Å². The molecule has 1 saturated carbocycles. The average Bonchev–Trinajstić information content (AvgIpc) is 3.30. The van der Waals surface area contributed by atoms with E-state index in [9.17, 15) is 9.59 Å². The van der Waals surface area contributed by atoms with Crippen LogP contribution in [0.1, 0.15) is 61.3 Å². The van der Waals surface area contributed by atoms with Gasteiger partial charge in [0.25, 0.3) is 5.91 Å². The molecule has 1 N–H and O–H groups in total. The van der Waals surface area contributed by atoms with E-state index < -0.39 is 11.6 Å². The molecule has 7 nitrogen and oxygen atoms in total. The Morgan fingerprint density at radius 2 is 2.04 bits per heavy atom. The minimum atomic E-state index is -0.579. The number of esters is 1. The van der Waals surface area contributed by atoms with E-state index in [0.717, 1.165) is 29.6 Å². The van der Waals surface area contributed by atoms with Crippen molar-refractivity contribution in [2.75, 3.05) is 6.54 Å². The third-order valence-corrected chi connectivity index (χ3v) is 4.04. The first-order chi connectivity index (χ1) is 11.7. The summed E-state index contributed by atoms with van der Waals surface area (Å²) in [5, 5.41) is 7.77. The maximum Gasteiger partial charge on any atom is 0.325 e. The molecule has 2 aromatic heterocycles. The van der Waals surface area contributed by atoms with Gasteiger partial charge < -0.3 is 10.1 Å². The summed E-state index contributed by atoms with van der Waals surface area (Å²) in [4.78, 5) is 29.2. The predicted octanol–water partition coefficient (Wildman–Crippen LogP) is 2.23. The van der Waals surface area contributed by atoms with Gasteiger partial charge in [-0.15, -0.1) is 0 Å². The lowest BCUT2D eigenvalue weighted by Crippen LogP contribution is -2.34. The Balaban J connectivity index is 1.86. The van der Waals surface area contributed by atoms with E-state index in [2.05, 4.69) is 15.4 Å². The van der Waals surface area contributed by atoms with Crippen molar-refractivity contribution in [2.45, 2.75) is 52.1 Å². The summed E-state index contributed by atoms with van der Waals surface area (Å²) >= 11 is 0. The molecule has 0 radical (unpaired) electrons. The van der Waals surface area contributed by atoms with Gasteiger partial charge in [0.05, 0.1) is 16.6 Å². The quantitative estimate of drug-likeness (QED) is 0.860. The van der Waals surface area contributed by atoms with Crippen LogP contribution in [0, 0.1) is 6.92 Å². The predicted molar refractivity (Wildman–Crippen MR) is 93.4 cm³/mol. The highest BCUT2D eigenvalue weighted by Gasteiger charge is 2.28. The van der Waals surface area contributed by atoms with Crippen LogP contribution in [0.25, 0.3) is 11.0 Å². The fourth-order valence-electron chi connectivity index (χ4n) is 2.86. The van der Waals surface area contributed by atoms with Crippen LogP contribution in [0.2, 0.25) is 0 Å². The number of ether oxygens (including phenoxy) is 1. The third kappa shape index (κ3) is 3.81. The lowest BCUT2D eigenvalue weighted by molar-refractivity contribution is -0.153. The van der Waals surface area contributed by atoms with Gasteiger partial charge in [0, 0.05) is 18.7 Å². The van der Waals surface area contributed by atoms with Crippen molar-refractivity contribution in [3.63, 3.8) is 0 Å². The van der Waals surface area contributed by atoms with Gasteiger partial charge >= 0.3 is 5.97 Å². The fourth-order valence-corrected chi connectivity index (χ4v) is 2.86. The van der Waals surface area contributed by atoms with Crippen molar-refractivity contribution in [3.8, 4) is 0 Å². The van der Waals surface area contributed by atoms with Crippen molar-refractivity contribution in [1.82, 2.24) is 20.1 Å². The summed E-state index contributed by atoms with van der Waals surface area (Å²) in [5.41, 5.74) is 2.29. The molecule has 1 amide bonds. The van der Waals surface area contributed by atoms with Gasteiger partial charge in [-0.3, -0.25) is 14.3 Å². The number of fused-ring (bicyclic) bond motifs is 1. The molecule has 0 spiro atoms. The van der Waals surface area contributed by atoms with E-state index >= 15 is 0 Å².